The van der Waals surface area contributed by atoms with Crippen molar-refractivity contribution >= 4 is 17.6 Å². The third-order valence-corrected chi connectivity index (χ3v) is 3.29. The van der Waals surface area contributed by atoms with Gasteiger partial charge in [0.2, 0.25) is 0 Å². The lowest BCUT2D eigenvalue weighted by Gasteiger charge is -2.06. The van der Waals surface area contributed by atoms with Gasteiger partial charge in [-0.3, -0.25) is 4.98 Å². The predicted molar refractivity (Wildman–Crippen MR) is 88.8 cm³/mol. The molecule has 0 bridgehead atoms. The van der Waals surface area contributed by atoms with Gasteiger partial charge < -0.3 is 9.84 Å². The van der Waals surface area contributed by atoms with Crippen molar-refractivity contribution < 1.29 is 14.6 Å². The summed E-state index contributed by atoms with van der Waals surface area (Å²) in [4.78, 5) is 14.8. The maximum absolute atomic E-state index is 10.7. The molecule has 1 aromatic heterocycles. The molecule has 0 aliphatic heterocycles. The van der Waals surface area contributed by atoms with Crippen LogP contribution in [0.3, 0.4) is 0 Å². The second-order valence-corrected chi connectivity index (χ2v) is 5.29. The van der Waals surface area contributed by atoms with Gasteiger partial charge in [-0.2, -0.15) is 0 Å². The number of ether oxygens (including phenoxy) is 1. The molecule has 0 fully saturated rings. The van der Waals surface area contributed by atoms with Crippen LogP contribution in [0, 0.1) is 11.8 Å². The van der Waals surface area contributed by atoms with E-state index in [0.29, 0.717) is 16.3 Å². The van der Waals surface area contributed by atoms with Gasteiger partial charge in [-0.15, -0.1) is 0 Å². The van der Waals surface area contributed by atoms with Crippen molar-refractivity contribution in [3.63, 3.8) is 0 Å². The monoisotopic (exact) mass is 329 g/mol. The van der Waals surface area contributed by atoms with Crippen LogP contribution in [0.4, 0.5) is 0 Å². The van der Waals surface area contributed by atoms with Crippen molar-refractivity contribution in [1.29, 1.82) is 0 Å². The van der Waals surface area contributed by atoms with E-state index in [1.165, 1.54) is 0 Å². The molecule has 2 aromatic rings. The number of carboxylic acid groups (broad SMARTS) is 1. The van der Waals surface area contributed by atoms with Gasteiger partial charge in [0.05, 0.1) is 5.56 Å². The Morgan fingerprint density at radius 3 is 2.83 bits per heavy atom. The van der Waals surface area contributed by atoms with E-state index in [2.05, 4.69) is 23.7 Å². The molecule has 0 aliphatic carbocycles. The number of hydrogen-bond donors (Lipinski definition) is 1. The summed E-state index contributed by atoms with van der Waals surface area (Å²) >= 11 is 5.99. The van der Waals surface area contributed by atoms with Gasteiger partial charge in [0.15, 0.2) is 6.61 Å². The number of aliphatic carboxylic acids is 1. The first kappa shape index (κ1) is 16.9. The molecule has 0 saturated carbocycles. The zero-order valence-corrected chi connectivity index (χ0v) is 13.4. The van der Waals surface area contributed by atoms with Crippen LogP contribution in [0.1, 0.15) is 30.0 Å². The molecule has 23 heavy (non-hydrogen) atoms. The smallest absolute Gasteiger partial charge is 0.341 e. The van der Waals surface area contributed by atoms with Crippen LogP contribution in [0.25, 0.3) is 0 Å². The van der Waals surface area contributed by atoms with E-state index in [4.69, 9.17) is 21.4 Å². The normalized spacial score (nSPS) is 9.83. The van der Waals surface area contributed by atoms with E-state index >= 15 is 0 Å². The summed E-state index contributed by atoms with van der Waals surface area (Å²) in [6.45, 7) is 1.68. The SMILES string of the molecule is CCCc1ccncc1C#Cc1cc(Cl)ccc1OCC(=O)O. The molecule has 4 nitrogen and oxygen atoms in total. The first-order valence-electron chi connectivity index (χ1n) is 7.19. The predicted octanol–water partition coefficient (Wildman–Crippen LogP) is 3.55. The summed E-state index contributed by atoms with van der Waals surface area (Å²) in [6, 6.07) is 6.86. The van der Waals surface area contributed by atoms with Gasteiger partial charge >= 0.3 is 5.97 Å². The highest BCUT2D eigenvalue weighted by Crippen LogP contribution is 2.22. The Bertz CT molecular complexity index is 762. The number of aryl methyl sites for hydroxylation is 1. The number of hydrogen-bond acceptors (Lipinski definition) is 3. The van der Waals surface area contributed by atoms with Gasteiger partial charge in [-0.25, -0.2) is 4.79 Å². The van der Waals surface area contributed by atoms with Gasteiger partial charge in [-0.1, -0.05) is 36.8 Å². The molecule has 0 atom stereocenters. The van der Waals surface area contributed by atoms with E-state index in [-0.39, 0.29) is 0 Å². The standard InChI is InChI=1S/C18H16ClNO3/c1-2-3-13-8-9-20-11-15(13)5-4-14-10-16(19)6-7-17(14)23-12-18(21)22/h6-11H,2-3,12H2,1H3,(H,21,22). The number of rotatable bonds is 5. The Hall–Kier alpha value is -2.51. The molecule has 118 valence electrons. The summed E-state index contributed by atoms with van der Waals surface area (Å²) in [5.74, 6) is 5.42. The second-order valence-electron chi connectivity index (χ2n) is 4.86. The van der Waals surface area contributed by atoms with Gasteiger partial charge in [-0.05, 0) is 36.2 Å². The molecule has 0 aliphatic rings. The van der Waals surface area contributed by atoms with Crippen LogP contribution in [0.2, 0.25) is 5.02 Å². The van der Waals surface area contributed by atoms with Crippen molar-refractivity contribution in [3.05, 3.63) is 58.4 Å². The lowest BCUT2D eigenvalue weighted by atomic mass is 10.1. The number of carbonyl (C=O) groups is 1. The molecule has 0 unspecified atom stereocenters. The molecular weight excluding hydrogens is 314 g/mol. The number of pyridine rings is 1. The highest BCUT2D eigenvalue weighted by atomic mass is 35.5. The lowest BCUT2D eigenvalue weighted by molar-refractivity contribution is -0.139. The Kier molecular flexibility index (Phi) is 6.02. The van der Waals surface area contributed by atoms with Crippen LogP contribution in [-0.4, -0.2) is 22.7 Å². The van der Waals surface area contributed by atoms with Crippen molar-refractivity contribution in [2.75, 3.05) is 6.61 Å². The highest BCUT2D eigenvalue weighted by molar-refractivity contribution is 6.30. The van der Waals surface area contributed by atoms with Gasteiger partial charge in [0, 0.05) is 23.0 Å². The first-order chi connectivity index (χ1) is 11.1. The summed E-state index contributed by atoms with van der Waals surface area (Å²) in [5, 5.41) is 9.24. The van der Waals surface area contributed by atoms with E-state index in [1.807, 2.05) is 6.07 Å². The molecule has 0 radical (unpaired) electrons. The quantitative estimate of drug-likeness (QED) is 0.852. The molecule has 1 heterocycles. The molecule has 1 aromatic carbocycles. The number of halogens is 1. The zero-order valence-electron chi connectivity index (χ0n) is 12.7. The van der Waals surface area contributed by atoms with E-state index < -0.39 is 12.6 Å². The van der Waals surface area contributed by atoms with Crippen LogP contribution < -0.4 is 4.74 Å². The highest BCUT2D eigenvalue weighted by Gasteiger charge is 2.06. The number of aromatic nitrogens is 1. The van der Waals surface area contributed by atoms with E-state index in [9.17, 15) is 4.79 Å². The number of carboxylic acids is 1. The summed E-state index contributed by atoms with van der Waals surface area (Å²) in [6.07, 6.45) is 5.41. The fraction of sp³-hybridized carbons (Fsp3) is 0.222. The summed E-state index contributed by atoms with van der Waals surface area (Å²) < 4.78 is 5.24. The number of nitrogens with zero attached hydrogens (tertiary/aromatic N) is 1. The van der Waals surface area contributed by atoms with Crippen LogP contribution in [0.5, 0.6) is 5.75 Å². The Labute approximate surface area is 140 Å². The second kappa shape index (κ2) is 8.21. The third-order valence-electron chi connectivity index (χ3n) is 3.06. The molecule has 1 N–H and O–H groups in total. The van der Waals surface area contributed by atoms with Crippen molar-refractivity contribution in [2.24, 2.45) is 0 Å². The minimum absolute atomic E-state index is 0.394. The summed E-state index contributed by atoms with van der Waals surface area (Å²) in [5.41, 5.74) is 2.52. The van der Waals surface area contributed by atoms with Crippen LogP contribution in [0.15, 0.2) is 36.7 Å². The zero-order chi connectivity index (χ0) is 16.7. The number of benzene rings is 1. The molecule has 5 heteroatoms. The fourth-order valence-electron chi connectivity index (χ4n) is 2.02. The van der Waals surface area contributed by atoms with Crippen LogP contribution in [-0.2, 0) is 11.2 Å². The van der Waals surface area contributed by atoms with E-state index in [0.717, 1.165) is 24.0 Å². The first-order valence-corrected chi connectivity index (χ1v) is 7.57. The molecule has 0 saturated heterocycles. The largest absolute Gasteiger partial charge is 0.481 e. The van der Waals surface area contributed by atoms with Gasteiger partial charge in [0.25, 0.3) is 0 Å². The molecule has 2 rings (SSSR count). The Morgan fingerprint density at radius 2 is 2.09 bits per heavy atom. The minimum atomic E-state index is -1.05. The van der Waals surface area contributed by atoms with Gasteiger partial charge in [0.1, 0.15) is 5.75 Å². The summed E-state index contributed by atoms with van der Waals surface area (Å²) in [7, 11) is 0. The molecule has 0 amide bonds. The van der Waals surface area contributed by atoms with Crippen LogP contribution >= 0.6 is 11.6 Å². The third kappa shape index (κ3) is 5.01. The fourth-order valence-corrected chi connectivity index (χ4v) is 2.20. The molecular formula is C18H16ClNO3. The maximum Gasteiger partial charge on any atom is 0.341 e. The average molecular weight is 330 g/mol. The van der Waals surface area contributed by atoms with E-state index in [1.54, 1.807) is 30.6 Å². The molecule has 0 spiro atoms. The average Bonchev–Trinajstić information content (AvgIpc) is 2.53. The maximum atomic E-state index is 10.7. The van der Waals surface area contributed by atoms with Crippen molar-refractivity contribution in [1.82, 2.24) is 4.98 Å². The topological polar surface area (TPSA) is 59.4 Å². The minimum Gasteiger partial charge on any atom is -0.481 e. The Morgan fingerprint density at radius 1 is 1.30 bits per heavy atom. The van der Waals surface area contributed by atoms with Crippen molar-refractivity contribution in [3.8, 4) is 17.6 Å². The lowest BCUT2D eigenvalue weighted by Crippen LogP contribution is -2.10. The Balaban J connectivity index is 2.33. The van der Waals surface area contributed by atoms with Crippen molar-refractivity contribution in [2.45, 2.75) is 19.8 Å².